The van der Waals surface area contributed by atoms with Crippen LogP contribution in [0.3, 0.4) is 0 Å². The van der Waals surface area contributed by atoms with Crippen LogP contribution in [-0.4, -0.2) is 17.8 Å². The van der Waals surface area contributed by atoms with E-state index < -0.39 is 0 Å². The first-order valence-corrected chi connectivity index (χ1v) is 3.82. The Kier molecular flexibility index (Phi) is 3.87. The average molecular weight is 192 g/mol. The average Bonchev–Trinajstić information content (AvgIpc) is 2.17. The third kappa shape index (κ3) is 4.01. The third-order valence-electron chi connectivity index (χ3n) is 1.24. The van der Waals surface area contributed by atoms with E-state index >= 15 is 0 Å². The lowest BCUT2D eigenvalue weighted by atomic mass is 10.3. The second kappa shape index (κ2) is 5.47. The number of hydrogen-bond acceptors (Lipinski definition) is 5. The van der Waals surface area contributed by atoms with Gasteiger partial charge in [-0.2, -0.15) is 5.10 Å². The van der Waals surface area contributed by atoms with Crippen LogP contribution >= 0.6 is 0 Å². The molecule has 5 heteroatoms. The Morgan fingerprint density at radius 2 is 1.79 bits per heavy atom. The molecule has 14 heavy (non-hydrogen) atoms. The number of carbonyl (C=O) groups excluding carboxylic acids is 2. The lowest BCUT2D eigenvalue weighted by Crippen LogP contribution is -2.02. The lowest BCUT2D eigenvalue weighted by Gasteiger charge is -1.94. The third-order valence-corrected chi connectivity index (χ3v) is 1.24. The van der Waals surface area contributed by atoms with Crippen LogP contribution in [0.15, 0.2) is 41.7 Å². The van der Waals surface area contributed by atoms with Gasteiger partial charge in [-0.1, -0.05) is 0 Å². The van der Waals surface area contributed by atoms with Gasteiger partial charge >= 0.3 is 0 Å². The van der Waals surface area contributed by atoms with Crippen molar-refractivity contribution in [1.29, 1.82) is 0 Å². The highest BCUT2D eigenvalue weighted by molar-refractivity contribution is 6.07. The van der Waals surface area contributed by atoms with Crippen molar-refractivity contribution >= 4 is 17.8 Å². The van der Waals surface area contributed by atoms with Crippen LogP contribution in [0.1, 0.15) is 0 Å². The summed E-state index contributed by atoms with van der Waals surface area (Å²) in [6, 6.07) is 0. The zero-order valence-corrected chi connectivity index (χ0v) is 7.21. The molecule has 1 aliphatic heterocycles. The first-order chi connectivity index (χ1) is 6.79. The number of allylic oxidation sites excluding steroid dienone is 5. The normalized spacial score (nSPS) is 26.0. The number of carbonyl (C=O) groups is 2. The monoisotopic (exact) mass is 192 g/mol. The van der Waals surface area contributed by atoms with Gasteiger partial charge in [-0.3, -0.25) is 9.59 Å². The molecule has 0 radical (unpaired) electrons. The molecule has 0 fully saturated rings. The van der Waals surface area contributed by atoms with Crippen molar-refractivity contribution in [2.24, 2.45) is 5.10 Å². The summed E-state index contributed by atoms with van der Waals surface area (Å²) in [6.45, 7) is 0. The molecule has 0 saturated heterocycles. The van der Waals surface area contributed by atoms with Crippen LogP contribution in [-0.2, 0) is 14.4 Å². The molecule has 1 aliphatic rings. The quantitative estimate of drug-likeness (QED) is 0.598. The van der Waals surface area contributed by atoms with Gasteiger partial charge < -0.3 is 4.84 Å². The molecule has 0 aliphatic carbocycles. The second-order valence-corrected chi connectivity index (χ2v) is 2.29. The summed E-state index contributed by atoms with van der Waals surface area (Å²) < 4.78 is 0. The molecule has 0 spiro atoms. The largest absolute Gasteiger partial charge is 0.373 e. The van der Waals surface area contributed by atoms with Crippen molar-refractivity contribution in [2.45, 2.75) is 0 Å². The van der Waals surface area contributed by atoms with Crippen molar-refractivity contribution in [3.05, 3.63) is 36.6 Å². The fourth-order valence-electron chi connectivity index (χ4n) is 0.649. The molecular formula is C9H8N2O3. The van der Waals surface area contributed by atoms with Crippen molar-refractivity contribution in [3.63, 3.8) is 0 Å². The highest BCUT2D eigenvalue weighted by atomic mass is 16.7. The zero-order chi connectivity index (χ0) is 10.2. The first kappa shape index (κ1) is 9.91. The Balaban J connectivity index is 2.73. The standard InChI is InChI=1S/C9H8N2O3/c12-8-2-1-6-10-11-14-7-5-9(13)4-3-8/h1-7,11H/b2-1+,4-3+,7-5-,10-6-. The minimum absolute atomic E-state index is 0.278. The van der Waals surface area contributed by atoms with E-state index in [-0.39, 0.29) is 11.6 Å². The molecule has 0 aromatic carbocycles. The molecule has 1 N–H and O–H groups in total. The maximum absolute atomic E-state index is 11.0. The molecule has 72 valence electrons. The van der Waals surface area contributed by atoms with Crippen molar-refractivity contribution < 1.29 is 14.4 Å². The van der Waals surface area contributed by atoms with Gasteiger partial charge in [0.05, 0.1) is 6.21 Å². The Morgan fingerprint density at radius 1 is 1.07 bits per heavy atom. The van der Waals surface area contributed by atoms with Gasteiger partial charge in [-0.25, -0.2) is 0 Å². The highest BCUT2D eigenvalue weighted by Crippen LogP contribution is 1.86. The summed E-state index contributed by atoms with van der Waals surface area (Å²) in [7, 11) is 0. The Hall–Kier alpha value is -2.17. The Bertz CT molecular complexity index is 340. The first-order valence-electron chi connectivity index (χ1n) is 3.82. The minimum Gasteiger partial charge on any atom is -0.373 e. The predicted molar refractivity (Wildman–Crippen MR) is 50.1 cm³/mol. The molecule has 0 bridgehead atoms. The molecule has 0 aromatic rings. The molecule has 5 nitrogen and oxygen atoms in total. The molecule has 1 heterocycles. The van der Waals surface area contributed by atoms with E-state index in [1.165, 1.54) is 24.4 Å². The number of nitrogens with zero attached hydrogens (tertiary/aromatic N) is 1. The Labute approximate surface area is 80.4 Å². The zero-order valence-electron chi connectivity index (χ0n) is 7.21. The molecule has 0 unspecified atom stereocenters. The van der Waals surface area contributed by atoms with E-state index in [2.05, 4.69) is 15.5 Å². The van der Waals surface area contributed by atoms with Crippen LogP contribution < -0.4 is 5.59 Å². The Morgan fingerprint density at radius 3 is 2.57 bits per heavy atom. The smallest absolute Gasteiger partial charge is 0.181 e. The van der Waals surface area contributed by atoms with E-state index in [4.69, 9.17) is 0 Å². The van der Waals surface area contributed by atoms with Crippen LogP contribution in [0.5, 0.6) is 0 Å². The predicted octanol–water partition coefficient (Wildman–Crippen LogP) is 0.271. The van der Waals surface area contributed by atoms with Gasteiger partial charge in [0.1, 0.15) is 6.26 Å². The van der Waals surface area contributed by atoms with E-state index in [1.54, 1.807) is 0 Å². The number of ketones is 2. The van der Waals surface area contributed by atoms with E-state index in [0.717, 1.165) is 18.4 Å². The van der Waals surface area contributed by atoms with Gasteiger partial charge in [0.2, 0.25) is 0 Å². The molecule has 0 amide bonds. The van der Waals surface area contributed by atoms with Crippen LogP contribution in [0.4, 0.5) is 0 Å². The molecule has 1 rings (SSSR count). The summed E-state index contributed by atoms with van der Waals surface area (Å²) in [5.74, 6) is -0.613. The maximum atomic E-state index is 11.0. The molecule has 0 aromatic heterocycles. The highest BCUT2D eigenvalue weighted by Gasteiger charge is 1.92. The van der Waals surface area contributed by atoms with Crippen molar-refractivity contribution in [2.75, 3.05) is 0 Å². The number of hydrazone groups is 1. The summed E-state index contributed by atoms with van der Waals surface area (Å²) in [4.78, 5) is 26.5. The van der Waals surface area contributed by atoms with E-state index in [0.29, 0.717) is 0 Å². The van der Waals surface area contributed by atoms with Gasteiger partial charge in [-0.05, 0) is 24.3 Å². The molecular weight excluding hydrogens is 184 g/mol. The SMILES string of the molecule is O=C1/C=C\ON/N=C\C=C\C(=O)/C=C/1. The van der Waals surface area contributed by atoms with E-state index in [1.807, 2.05) is 0 Å². The van der Waals surface area contributed by atoms with Gasteiger partial charge in [0.25, 0.3) is 0 Å². The maximum Gasteiger partial charge on any atom is 0.181 e. The summed E-state index contributed by atoms with van der Waals surface area (Å²) in [6.07, 6.45) is 8.69. The topological polar surface area (TPSA) is 67.8 Å². The van der Waals surface area contributed by atoms with Crippen LogP contribution in [0.2, 0.25) is 0 Å². The van der Waals surface area contributed by atoms with Crippen LogP contribution in [0, 0.1) is 0 Å². The second-order valence-electron chi connectivity index (χ2n) is 2.29. The lowest BCUT2D eigenvalue weighted by molar-refractivity contribution is -0.112. The number of rotatable bonds is 0. The van der Waals surface area contributed by atoms with Crippen molar-refractivity contribution in [1.82, 2.24) is 5.59 Å². The fraction of sp³-hybridized carbons (Fsp3) is 0. The van der Waals surface area contributed by atoms with Gasteiger partial charge in [0.15, 0.2) is 11.6 Å². The number of nitrogens with one attached hydrogen (secondary N) is 1. The van der Waals surface area contributed by atoms with Gasteiger partial charge in [0, 0.05) is 6.08 Å². The fourth-order valence-corrected chi connectivity index (χ4v) is 0.649. The number of hydrogen-bond donors (Lipinski definition) is 1. The summed E-state index contributed by atoms with van der Waals surface area (Å²) in [5, 5.41) is 3.54. The summed E-state index contributed by atoms with van der Waals surface area (Å²) >= 11 is 0. The minimum atomic E-state index is -0.335. The van der Waals surface area contributed by atoms with Crippen molar-refractivity contribution in [3.8, 4) is 0 Å². The summed E-state index contributed by atoms with van der Waals surface area (Å²) in [5.41, 5.74) is 2.18. The van der Waals surface area contributed by atoms with E-state index in [9.17, 15) is 9.59 Å². The molecule has 0 atom stereocenters. The van der Waals surface area contributed by atoms with Crippen LogP contribution in [0.25, 0.3) is 0 Å². The molecule has 0 saturated carbocycles. The van der Waals surface area contributed by atoms with Gasteiger partial charge in [-0.15, -0.1) is 5.59 Å².